The molecular weight excluding hydrogens is 380 g/mol. The number of likely N-dealkylation sites (tertiary alicyclic amines) is 1. The summed E-state index contributed by atoms with van der Waals surface area (Å²) in [5.74, 6) is 1.75. The maximum absolute atomic E-state index is 6.11. The van der Waals surface area contributed by atoms with Gasteiger partial charge in [0.25, 0.3) is 0 Å². The van der Waals surface area contributed by atoms with Crippen LogP contribution in [0, 0.1) is 0 Å². The fourth-order valence-corrected chi connectivity index (χ4v) is 4.01. The van der Waals surface area contributed by atoms with Crippen molar-refractivity contribution in [2.45, 2.75) is 51.4 Å². The van der Waals surface area contributed by atoms with Gasteiger partial charge in [-0.1, -0.05) is 18.2 Å². The summed E-state index contributed by atoms with van der Waals surface area (Å²) in [7, 11) is 0. The summed E-state index contributed by atoms with van der Waals surface area (Å²) in [6.45, 7) is 7.13. The summed E-state index contributed by atoms with van der Waals surface area (Å²) < 4.78 is 11.8. The molecule has 1 aromatic heterocycles. The number of aromatic amines is 1. The van der Waals surface area contributed by atoms with Gasteiger partial charge in [0.1, 0.15) is 6.33 Å². The average molecular weight is 413 g/mol. The molecule has 1 atom stereocenters. The third-order valence-corrected chi connectivity index (χ3v) is 5.65. The molecule has 3 heterocycles. The van der Waals surface area contributed by atoms with Gasteiger partial charge >= 0.3 is 0 Å². The van der Waals surface area contributed by atoms with Gasteiger partial charge in [-0.3, -0.25) is 5.10 Å². The Kier molecular flexibility index (Phi) is 7.31. The Morgan fingerprint density at radius 1 is 1.33 bits per heavy atom. The van der Waals surface area contributed by atoms with Crippen LogP contribution in [0.25, 0.3) is 11.4 Å². The van der Waals surface area contributed by atoms with Crippen molar-refractivity contribution in [3.63, 3.8) is 0 Å². The molecule has 2 fully saturated rings. The maximum atomic E-state index is 6.11. The number of nitrogens with one attached hydrogen (secondary N) is 2. The number of rotatable bonds is 7. The highest BCUT2D eigenvalue weighted by Crippen LogP contribution is 2.19. The van der Waals surface area contributed by atoms with Crippen LogP contribution in [0.4, 0.5) is 0 Å². The molecule has 0 aliphatic carbocycles. The maximum Gasteiger partial charge on any atom is 0.194 e. The largest absolute Gasteiger partial charge is 0.376 e. The highest BCUT2D eigenvalue weighted by molar-refractivity contribution is 5.80. The minimum Gasteiger partial charge on any atom is -0.376 e. The first-order valence-electron chi connectivity index (χ1n) is 11.0. The van der Waals surface area contributed by atoms with Crippen molar-refractivity contribution < 1.29 is 9.47 Å². The molecule has 2 N–H and O–H groups in total. The van der Waals surface area contributed by atoms with E-state index in [1.165, 1.54) is 6.33 Å². The van der Waals surface area contributed by atoms with Gasteiger partial charge in [0.05, 0.1) is 25.4 Å². The molecule has 2 aliphatic heterocycles. The van der Waals surface area contributed by atoms with Crippen LogP contribution in [0.5, 0.6) is 0 Å². The SMILES string of the molecule is CCNC(=NCc1cccc(-c2ncn[nH]2)c1)N1CCC(OCC2CCCO2)CC1. The third-order valence-electron chi connectivity index (χ3n) is 5.65. The fraction of sp³-hybridized carbons (Fsp3) is 0.591. The summed E-state index contributed by atoms with van der Waals surface area (Å²) in [6, 6.07) is 8.27. The summed E-state index contributed by atoms with van der Waals surface area (Å²) in [4.78, 5) is 11.5. The van der Waals surface area contributed by atoms with E-state index in [2.05, 4.69) is 44.5 Å². The lowest BCUT2D eigenvalue weighted by Gasteiger charge is -2.34. The van der Waals surface area contributed by atoms with E-state index >= 15 is 0 Å². The van der Waals surface area contributed by atoms with Crippen molar-refractivity contribution in [1.29, 1.82) is 0 Å². The molecule has 4 rings (SSSR count). The Morgan fingerprint density at radius 3 is 2.97 bits per heavy atom. The van der Waals surface area contributed by atoms with Crippen molar-refractivity contribution in [3.05, 3.63) is 36.2 Å². The standard InChI is InChI=1S/C22H32N6O2/c1-2-23-22(24-14-17-5-3-6-18(13-17)21-25-16-26-27-21)28-10-8-19(9-11-28)30-15-20-7-4-12-29-20/h3,5-6,13,16,19-20H,2,4,7-12,14-15H2,1H3,(H,23,24)(H,25,26,27). The predicted molar refractivity (Wildman–Crippen MR) is 116 cm³/mol. The van der Waals surface area contributed by atoms with E-state index in [9.17, 15) is 0 Å². The molecule has 2 aliphatic rings. The van der Waals surface area contributed by atoms with E-state index in [0.717, 1.165) is 81.4 Å². The first-order chi connectivity index (χ1) is 14.8. The molecule has 2 aromatic rings. The quantitative estimate of drug-likeness (QED) is 0.537. The fourth-order valence-electron chi connectivity index (χ4n) is 4.01. The van der Waals surface area contributed by atoms with Crippen molar-refractivity contribution in [2.75, 3.05) is 32.8 Å². The van der Waals surface area contributed by atoms with E-state index < -0.39 is 0 Å². The number of ether oxygens (including phenoxy) is 2. The lowest BCUT2D eigenvalue weighted by atomic mass is 10.1. The molecule has 8 heteroatoms. The number of guanidine groups is 1. The van der Waals surface area contributed by atoms with Gasteiger partial charge in [0.2, 0.25) is 0 Å². The zero-order chi connectivity index (χ0) is 20.6. The highest BCUT2D eigenvalue weighted by atomic mass is 16.5. The van der Waals surface area contributed by atoms with E-state index in [0.29, 0.717) is 18.8 Å². The molecule has 0 spiro atoms. The number of H-pyrrole nitrogens is 1. The molecule has 8 nitrogen and oxygen atoms in total. The predicted octanol–water partition coefficient (Wildman–Crippen LogP) is 2.60. The van der Waals surface area contributed by atoms with Crippen LogP contribution in [0.3, 0.4) is 0 Å². The van der Waals surface area contributed by atoms with Gasteiger partial charge in [-0.05, 0) is 44.2 Å². The Balaban J connectivity index is 1.31. The molecule has 0 bridgehead atoms. The van der Waals surface area contributed by atoms with Crippen molar-refractivity contribution in [2.24, 2.45) is 4.99 Å². The molecule has 0 saturated carbocycles. The Morgan fingerprint density at radius 2 is 2.23 bits per heavy atom. The summed E-state index contributed by atoms with van der Waals surface area (Å²) >= 11 is 0. The second-order valence-corrected chi connectivity index (χ2v) is 7.86. The molecule has 2 saturated heterocycles. The summed E-state index contributed by atoms with van der Waals surface area (Å²) in [6.07, 6.45) is 6.50. The van der Waals surface area contributed by atoms with E-state index in [1.807, 2.05) is 12.1 Å². The average Bonchev–Trinajstić information content (AvgIpc) is 3.50. The number of hydrogen-bond donors (Lipinski definition) is 2. The molecule has 0 amide bonds. The van der Waals surface area contributed by atoms with Gasteiger partial charge < -0.3 is 19.7 Å². The first-order valence-corrected chi connectivity index (χ1v) is 11.0. The first kappa shape index (κ1) is 20.8. The zero-order valence-electron chi connectivity index (χ0n) is 17.7. The molecule has 0 radical (unpaired) electrons. The van der Waals surface area contributed by atoms with Crippen LogP contribution in [-0.2, 0) is 16.0 Å². The number of aromatic nitrogens is 3. The van der Waals surface area contributed by atoms with Gasteiger partial charge in [-0.25, -0.2) is 9.98 Å². The minimum absolute atomic E-state index is 0.301. The Labute approximate surface area is 178 Å². The summed E-state index contributed by atoms with van der Waals surface area (Å²) in [5, 5.41) is 10.3. The van der Waals surface area contributed by atoms with Crippen LogP contribution in [0.1, 0.15) is 38.2 Å². The molecule has 1 unspecified atom stereocenters. The lowest BCUT2D eigenvalue weighted by molar-refractivity contribution is -0.0367. The smallest absolute Gasteiger partial charge is 0.194 e. The Bertz CT molecular complexity index is 796. The van der Waals surface area contributed by atoms with Crippen molar-refractivity contribution in [3.8, 4) is 11.4 Å². The number of benzene rings is 1. The Hall–Kier alpha value is -2.45. The highest BCUT2D eigenvalue weighted by Gasteiger charge is 2.24. The van der Waals surface area contributed by atoms with Gasteiger partial charge in [0, 0.05) is 31.8 Å². The molecule has 30 heavy (non-hydrogen) atoms. The summed E-state index contributed by atoms with van der Waals surface area (Å²) in [5.41, 5.74) is 2.17. The second kappa shape index (κ2) is 10.5. The second-order valence-electron chi connectivity index (χ2n) is 7.86. The van der Waals surface area contributed by atoms with Crippen LogP contribution < -0.4 is 5.32 Å². The lowest BCUT2D eigenvalue weighted by Crippen LogP contribution is -2.47. The molecular formula is C22H32N6O2. The van der Waals surface area contributed by atoms with Gasteiger partial charge in [0.15, 0.2) is 11.8 Å². The van der Waals surface area contributed by atoms with Crippen LogP contribution in [0.15, 0.2) is 35.6 Å². The number of aliphatic imine (C=N–C) groups is 1. The molecule has 162 valence electrons. The topological polar surface area (TPSA) is 87.7 Å². The van der Waals surface area contributed by atoms with Gasteiger partial charge in [-0.2, -0.15) is 5.10 Å². The number of hydrogen-bond acceptors (Lipinski definition) is 5. The zero-order valence-corrected chi connectivity index (χ0v) is 17.7. The van der Waals surface area contributed by atoms with E-state index in [1.54, 1.807) is 0 Å². The van der Waals surface area contributed by atoms with Crippen LogP contribution >= 0.6 is 0 Å². The normalized spacial score (nSPS) is 20.6. The van der Waals surface area contributed by atoms with Crippen molar-refractivity contribution in [1.82, 2.24) is 25.4 Å². The van der Waals surface area contributed by atoms with E-state index in [-0.39, 0.29) is 0 Å². The van der Waals surface area contributed by atoms with E-state index in [4.69, 9.17) is 14.5 Å². The van der Waals surface area contributed by atoms with Crippen LogP contribution in [0.2, 0.25) is 0 Å². The van der Waals surface area contributed by atoms with Crippen molar-refractivity contribution >= 4 is 5.96 Å². The monoisotopic (exact) mass is 412 g/mol. The molecule has 1 aromatic carbocycles. The minimum atomic E-state index is 0.301. The van der Waals surface area contributed by atoms with Gasteiger partial charge in [-0.15, -0.1) is 0 Å². The van der Waals surface area contributed by atoms with Crippen LogP contribution in [-0.4, -0.2) is 71.1 Å². The number of nitrogens with zero attached hydrogens (tertiary/aromatic N) is 4. The number of piperidine rings is 1. The third kappa shape index (κ3) is 5.58.